The monoisotopic (exact) mass is 285 g/mol. The maximum absolute atomic E-state index is 11.0. The standard InChI is InChI=1S/C16H19N3O2/c1-10-13-4-2-3-5-14(13)15(19-18-10)17-12-8-6-11(7-9-12)16(20)21/h2-5,11-12H,6-9H2,1H3,(H,17,19)(H,20,21). The fourth-order valence-corrected chi connectivity index (χ4v) is 3.02. The van der Waals surface area contributed by atoms with Crippen molar-refractivity contribution in [2.24, 2.45) is 5.92 Å². The Morgan fingerprint density at radius 2 is 1.81 bits per heavy atom. The number of aryl methyl sites for hydroxylation is 1. The van der Waals surface area contributed by atoms with E-state index in [0.29, 0.717) is 0 Å². The number of aromatic nitrogens is 2. The van der Waals surface area contributed by atoms with Gasteiger partial charge in [0, 0.05) is 16.8 Å². The molecule has 1 aromatic heterocycles. The molecule has 5 heteroatoms. The van der Waals surface area contributed by atoms with Crippen LogP contribution in [0.2, 0.25) is 0 Å². The molecule has 0 unspecified atom stereocenters. The van der Waals surface area contributed by atoms with Crippen molar-refractivity contribution in [3.63, 3.8) is 0 Å². The van der Waals surface area contributed by atoms with Crippen LogP contribution in [0, 0.1) is 12.8 Å². The van der Waals surface area contributed by atoms with E-state index in [4.69, 9.17) is 5.11 Å². The van der Waals surface area contributed by atoms with E-state index in [1.807, 2.05) is 31.2 Å². The van der Waals surface area contributed by atoms with Crippen molar-refractivity contribution in [1.29, 1.82) is 0 Å². The number of nitrogens with one attached hydrogen (secondary N) is 1. The second-order valence-electron chi connectivity index (χ2n) is 5.71. The molecule has 0 atom stereocenters. The predicted molar refractivity (Wildman–Crippen MR) is 81.3 cm³/mol. The van der Waals surface area contributed by atoms with Gasteiger partial charge in [0.15, 0.2) is 5.82 Å². The minimum atomic E-state index is -0.672. The van der Waals surface area contributed by atoms with E-state index in [9.17, 15) is 4.79 Å². The molecule has 1 aromatic carbocycles. The van der Waals surface area contributed by atoms with Crippen molar-refractivity contribution < 1.29 is 9.90 Å². The molecule has 1 fully saturated rings. The average molecular weight is 285 g/mol. The Balaban J connectivity index is 1.77. The van der Waals surface area contributed by atoms with Gasteiger partial charge < -0.3 is 10.4 Å². The van der Waals surface area contributed by atoms with Crippen molar-refractivity contribution in [2.45, 2.75) is 38.6 Å². The molecule has 2 aromatic rings. The molecular formula is C16H19N3O2. The predicted octanol–water partition coefficient (Wildman–Crippen LogP) is 2.99. The smallest absolute Gasteiger partial charge is 0.306 e. The second-order valence-corrected chi connectivity index (χ2v) is 5.71. The van der Waals surface area contributed by atoms with E-state index in [1.54, 1.807) is 0 Å². The summed E-state index contributed by atoms with van der Waals surface area (Å²) in [4.78, 5) is 11.0. The van der Waals surface area contributed by atoms with E-state index >= 15 is 0 Å². The summed E-state index contributed by atoms with van der Waals surface area (Å²) >= 11 is 0. The van der Waals surface area contributed by atoms with Crippen LogP contribution in [0.4, 0.5) is 5.82 Å². The summed E-state index contributed by atoms with van der Waals surface area (Å²) in [5.41, 5.74) is 0.922. The first-order valence-corrected chi connectivity index (χ1v) is 7.36. The lowest BCUT2D eigenvalue weighted by Gasteiger charge is -2.27. The number of aliphatic carboxylic acids is 1. The largest absolute Gasteiger partial charge is 0.481 e. The first kappa shape index (κ1) is 13.8. The summed E-state index contributed by atoms with van der Waals surface area (Å²) < 4.78 is 0. The quantitative estimate of drug-likeness (QED) is 0.906. The van der Waals surface area contributed by atoms with Gasteiger partial charge in [-0.25, -0.2) is 0 Å². The van der Waals surface area contributed by atoms with Gasteiger partial charge in [0.25, 0.3) is 0 Å². The molecule has 2 N–H and O–H groups in total. The van der Waals surface area contributed by atoms with Gasteiger partial charge in [-0.3, -0.25) is 4.79 Å². The molecule has 1 aliphatic carbocycles. The molecule has 1 heterocycles. The Kier molecular flexibility index (Phi) is 3.73. The lowest BCUT2D eigenvalue weighted by molar-refractivity contribution is -0.142. The molecule has 21 heavy (non-hydrogen) atoms. The zero-order valence-corrected chi connectivity index (χ0v) is 12.0. The van der Waals surface area contributed by atoms with Crippen molar-refractivity contribution in [2.75, 3.05) is 5.32 Å². The van der Waals surface area contributed by atoms with Gasteiger partial charge in [-0.15, -0.1) is 5.10 Å². The highest BCUT2D eigenvalue weighted by Gasteiger charge is 2.26. The third-order valence-corrected chi connectivity index (χ3v) is 4.29. The van der Waals surface area contributed by atoms with Crippen LogP contribution in [0.5, 0.6) is 0 Å². The van der Waals surface area contributed by atoms with Crippen molar-refractivity contribution >= 4 is 22.6 Å². The molecule has 0 spiro atoms. The number of carboxylic acids is 1. The minimum Gasteiger partial charge on any atom is -0.481 e. The highest BCUT2D eigenvalue weighted by Crippen LogP contribution is 2.29. The minimum absolute atomic E-state index is 0.191. The fourth-order valence-electron chi connectivity index (χ4n) is 3.02. The van der Waals surface area contributed by atoms with Crippen molar-refractivity contribution in [3.05, 3.63) is 30.0 Å². The summed E-state index contributed by atoms with van der Waals surface area (Å²) in [5.74, 6) is -0.0621. The lowest BCUT2D eigenvalue weighted by Crippen LogP contribution is -2.29. The molecule has 1 saturated carbocycles. The van der Waals surface area contributed by atoms with E-state index in [2.05, 4.69) is 15.5 Å². The van der Waals surface area contributed by atoms with Crippen molar-refractivity contribution in [1.82, 2.24) is 10.2 Å². The highest BCUT2D eigenvalue weighted by molar-refractivity contribution is 5.92. The van der Waals surface area contributed by atoms with Crippen LogP contribution < -0.4 is 5.32 Å². The Morgan fingerprint density at radius 3 is 2.48 bits per heavy atom. The van der Waals surface area contributed by atoms with Crippen LogP contribution in [0.1, 0.15) is 31.4 Å². The summed E-state index contributed by atoms with van der Waals surface area (Å²) in [6.45, 7) is 1.96. The third-order valence-electron chi connectivity index (χ3n) is 4.29. The number of carbonyl (C=O) groups is 1. The fraction of sp³-hybridized carbons (Fsp3) is 0.438. The number of anilines is 1. The molecular weight excluding hydrogens is 266 g/mol. The Morgan fingerprint density at radius 1 is 1.14 bits per heavy atom. The lowest BCUT2D eigenvalue weighted by atomic mass is 9.86. The van der Waals surface area contributed by atoms with Crippen LogP contribution in [0.15, 0.2) is 24.3 Å². The molecule has 3 rings (SSSR count). The van der Waals surface area contributed by atoms with Gasteiger partial charge in [-0.05, 0) is 32.6 Å². The van der Waals surface area contributed by atoms with Crippen LogP contribution in [0.25, 0.3) is 10.8 Å². The number of nitrogens with zero attached hydrogens (tertiary/aromatic N) is 2. The zero-order chi connectivity index (χ0) is 14.8. The molecule has 0 bridgehead atoms. The summed E-state index contributed by atoms with van der Waals surface area (Å²) in [6, 6.07) is 8.36. The van der Waals surface area contributed by atoms with Gasteiger partial charge in [0.2, 0.25) is 0 Å². The van der Waals surface area contributed by atoms with E-state index in [0.717, 1.165) is 48.0 Å². The van der Waals surface area contributed by atoms with E-state index in [1.165, 1.54) is 0 Å². The van der Waals surface area contributed by atoms with Crippen LogP contribution >= 0.6 is 0 Å². The summed E-state index contributed by atoms with van der Waals surface area (Å²) in [6.07, 6.45) is 3.18. The van der Waals surface area contributed by atoms with Crippen LogP contribution in [-0.4, -0.2) is 27.3 Å². The highest BCUT2D eigenvalue weighted by atomic mass is 16.4. The SMILES string of the molecule is Cc1nnc(NC2CCC(C(=O)O)CC2)c2ccccc12. The number of fused-ring (bicyclic) bond motifs is 1. The molecule has 0 aliphatic heterocycles. The topological polar surface area (TPSA) is 75.1 Å². The average Bonchev–Trinajstić information content (AvgIpc) is 2.51. The number of benzene rings is 1. The summed E-state index contributed by atoms with van der Waals surface area (Å²) in [7, 11) is 0. The van der Waals surface area contributed by atoms with Gasteiger partial charge >= 0.3 is 5.97 Å². The Bertz CT molecular complexity index is 664. The Hall–Kier alpha value is -2.17. The third kappa shape index (κ3) is 2.82. The van der Waals surface area contributed by atoms with E-state index in [-0.39, 0.29) is 12.0 Å². The van der Waals surface area contributed by atoms with Gasteiger partial charge in [-0.1, -0.05) is 24.3 Å². The van der Waals surface area contributed by atoms with Gasteiger partial charge in [0.05, 0.1) is 11.6 Å². The molecule has 5 nitrogen and oxygen atoms in total. The maximum Gasteiger partial charge on any atom is 0.306 e. The molecule has 110 valence electrons. The zero-order valence-electron chi connectivity index (χ0n) is 12.0. The molecule has 1 aliphatic rings. The first-order valence-electron chi connectivity index (χ1n) is 7.36. The first-order chi connectivity index (χ1) is 10.1. The normalized spacial score (nSPS) is 22.1. The number of hydrogen-bond donors (Lipinski definition) is 2. The van der Waals surface area contributed by atoms with Crippen molar-refractivity contribution in [3.8, 4) is 0 Å². The van der Waals surface area contributed by atoms with Gasteiger partial charge in [0.1, 0.15) is 0 Å². The van der Waals surface area contributed by atoms with Crippen LogP contribution in [-0.2, 0) is 4.79 Å². The van der Waals surface area contributed by atoms with Gasteiger partial charge in [-0.2, -0.15) is 5.10 Å². The second kappa shape index (κ2) is 5.68. The van der Waals surface area contributed by atoms with Crippen LogP contribution in [0.3, 0.4) is 0 Å². The molecule has 0 amide bonds. The molecule has 0 saturated heterocycles. The molecule has 0 radical (unpaired) electrons. The summed E-state index contributed by atoms with van der Waals surface area (Å²) in [5, 5.41) is 23.2. The van der Waals surface area contributed by atoms with E-state index < -0.39 is 5.97 Å². The Labute approximate surface area is 123 Å². The number of rotatable bonds is 3. The number of carboxylic acid groups (broad SMARTS) is 1. The maximum atomic E-state index is 11.0. The number of hydrogen-bond acceptors (Lipinski definition) is 4.